The predicted molar refractivity (Wildman–Crippen MR) is 90.1 cm³/mol. The molecule has 0 saturated carbocycles. The summed E-state index contributed by atoms with van der Waals surface area (Å²) < 4.78 is 26.4. The second-order valence-corrected chi connectivity index (χ2v) is 6.51. The van der Waals surface area contributed by atoms with Crippen LogP contribution in [0, 0.1) is 12.7 Å². The van der Waals surface area contributed by atoms with Gasteiger partial charge < -0.3 is 14.1 Å². The van der Waals surface area contributed by atoms with Crippen LogP contribution in [0.4, 0.5) is 4.39 Å². The Morgan fingerprint density at radius 2 is 1.88 bits per heavy atom. The maximum absolute atomic E-state index is 13.1. The van der Waals surface area contributed by atoms with Gasteiger partial charge in [0, 0.05) is 13.1 Å². The first kappa shape index (κ1) is 16.8. The molecule has 1 aliphatic rings. The first-order chi connectivity index (χ1) is 12.5. The van der Waals surface area contributed by atoms with E-state index < -0.39 is 0 Å². The van der Waals surface area contributed by atoms with E-state index in [1.165, 1.54) is 12.1 Å². The minimum Gasteiger partial charge on any atom is -0.416 e. The lowest BCUT2D eigenvalue weighted by atomic mass is 10.2. The van der Waals surface area contributed by atoms with Crippen LogP contribution in [-0.2, 0) is 4.74 Å². The van der Waals surface area contributed by atoms with Crippen LogP contribution in [0.3, 0.4) is 0 Å². The van der Waals surface area contributed by atoms with Gasteiger partial charge in [0.05, 0.1) is 17.5 Å². The lowest BCUT2D eigenvalue weighted by Gasteiger charge is -2.32. The minimum absolute atomic E-state index is 0.0928. The monoisotopic (exact) mass is 358 g/mol. The van der Waals surface area contributed by atoms with Crippen molar-refractivity contribution in [3.8, 4) is 17.3 Å². The number of likely N-dealkylation sites (N-methyl/N-ethyl adjacent to an activating group) is 1. The van der Waals surface area contributed by atoms with Crippen LogP contribution in [0.2, 0.25) is 0 Å². The van der Waals surface area contributed by atoms with Crippen LogP contribution in [0.1, 0.15) is 24.6 Å². The van der Waals surface area contributed by atoms with Crippen molar-refractivity contribution in [1.29, 1.82) is 0 Å². The molecule has 2 aromatic heterocycles. The number of nitrogens with zero attached hydrogens (tertiary/aromatic N) is 6. The summed E-state index contributed by atoms with van der Waals surface area (Å²) in [5, 5.41) is 16.5. The number of ether oxygens (including phenoxy) is 1. The summed E-state index contributed by atoms with van der Waals surface area (Å²) in [4.78, 5) is 2.17. The molecule has 0 bridgehead atoms. The van der Waals surface area contributed by atoms with Crippen molar-refractivity contribution in [3.05, 3.63) is 41.7 Å². The third-order valence-electron chi connectivity index (χ3n) is 4.33. The van der Waals surface area contributed by atoms with Gasteiger partial charge in [0.15, 0.2) is 5.69 Å². The van der Waals surface area contributed by atoms with Gasteiger partial charge in [-0.3, -0.25) is 0 Å². The fourth-order valence-corrected chi connectivity index (χ4v) is 3.11. The Hall–Kier alpha value is -2.65. The van der Waals surface area contributed by atoms with Gasteiger partial charge in [-0.1, -0.05) is 5.21 Å². The molecule has 0 radical (unpaired) electrons. The summed E-state index contributed by atoms with van der Waals surface area (Å²) in [7, 11) is 2.03. The van der Waals surface area contributed by atoms with Crippen molar-refractivity contribution in [2.75, 3.05) is 20.1 Å². The average molecular weight is 358 g/mol. The molecule has 0 spiro atoms. The molecule has 26 heavy (non-hydrogen) atoms. The predicted octanol–water partition coefficient (Wildman–Crippen LogP) is 2.16. The molecule has 1 aliphatic heterocycles. The van der Waals surface area contributed by atoms with E-state index >= 15 is 0 Å². The zero-order valence-corrected chi connectivity index (χ0v) is 14.8. The molecule has 3 heterocycles. The minimum atomic E-state index is -0.306. The first-order valence-electron chi connectivity index (χ1n) is 8.37. The normalized spacial score (nSPS) is 21.2. The number of rotatable bonds is 3. The molecule has 0 aliphatic carbocycles. The highest BCUT2D eigenvalue weighted by atomic mass is 19.1. The lowest BCUT2D eigenvalue weighted by molar-refractivity contribution is -0.0821. The van der Waals surface area contributed by atoms with E-state index in [2.05, 4.69) is 25.4 Å². The Morgan fingerprint density at radius 3 is 2.62 bits per heavy atom. The van der Waals surface area contributed by atoms with E-state index in [4.69, 9.17) is 9.15 Å². The van der Waals surface area contributed by atoms with Crippen molar-refractivity contribution in [2.24, 2.45) is 0 Å². The Morgan fingerprint density at radius 1 is 1.12 bits per heavy atom. The largest absolute Gasteiger partial charge is 0.416 e. The molecule has 1 aromatic carbocycles. The number of morpholine rings is 1. The van der Waals surface area contributed by atoms with Gasteiger partial charge in [0.2, 0.25) is 5.89 Å². The maximum Gasteiger partial charge on any atom is 0.270 e. The van der Waals surface area contributed by atoms with Gasteiger partial charge in [-0.25, -0.2) is 9.07 Å². The Kier molecular flexibility index (Phi) is 4.25. The van der Waals surface area contributed by atoms with Gasteiger partial charge in [-0.2, -0.15) is 0 Å². The maximum atomic E-state index is 13.1. The molecule has 0 N–H and O–H groups in total. The highest BCUT2D eigenvalue weighted by Crippen LogP contribution is 2.27. The molecule has 2 atom stereocenters. The van der Waals surface area contributed by atoms with Crippen LogP contribution >= 0.6 is 0 Å². The first-order valence-corrected chi connectivity index (χ1v) is 8.37. The molecular weight excluding hydrogens is 339 g/mol. The van der Waals surface area contributed by atoms with Crippen molar-refractivity contribution >= 4 is 0 Å². The SMILES string of the molecule is Cc1c(-c2nnc([C@H]3CN(C)C[C@@H](C)O3)o2)nnn1-c1ccc(F)cc1. The lowest BCUT2D eigenvalue weighted by Crippen LogP contribution is -2.40. The summed E-state index contributed by atoms with van der Waals surface area (Å²) in [6, 6.07) is 6.01. The third kappa shape index (κ3) is 3.11. The highest BCUT2D eigenvalue weighted by Gasteiger charge is 2.29. The van der Waals surface area contributed by atoms with Crippen molar-refractivity contribution < 1.29 is 13.5 Å². The highest BCUT2D eigenvalue weighted by molar-refractivity contribution is 5.51. The molecule has 0 unspecified atom stereocenters. The van der Waals surface area contributed by atoms with E-state index in [1.54, 1.807) is 16.8 Å². The van der Waals surface area contributed by atoms with Crippen LogP contribution in [-0.4, -0.2) is 56.3 Å². The van der Waals surface area contributed by atoms with Crippen LogP contribution < -0.4 is 0 Å². The fourth-order valence-electron chi connectivity index (χ4n) is 3.11. The smallest absolute Gasteiger partial charge is 0.270 e. The van der Waals surface area contributed by atoms with Gasteiger partial charge >= 0.3 is 0 Å². The summed E-state index contributed by atoms with van der Waals surface area (Å²) in [5.41, 5.74) is 1.92. The number of aromatic nitrogens is 5. The van der Waals surface area contributed by atoms with Crippen molar-refractivity contribution in [2.45, 2.75) is 26.1 Å². The Bertz CT molecular complexity index is 896. The van der Waals surface area contributed by atoms with E-state index in [0.29, 0.717) is 23.8 Å². The van der Waals surface area contributed by atoms with Crippen molar-refractivity contribution in [3.63, 3.8) is 0 Å². The number of hydrogen-bond acceptors (Lipinski definition) is 7. The van der Waals surface area contributed by atoms with Crippen LogP contribution in [0.25, 0.3) is 17.3 Å². The number of halogens is 1. The molecule has 136 valence electrons. The van der Waals surface area contributed by atoms with Crippen molar-refractivity contribution in [1.82, 2.24) is 30.1 Å². The molecule has 1 fully saturated rings. The summed E-state index contributed by atoms with van der Waals surface area (Å²) in [6.07, 6.45) is -0.173. The zero-order valence-electron chi connectivity index (χ0n) is 14.8. The van der Waals surface area contributed by atoms with E-state index in [1.807, 2.05) is 20.9 Å². The molecule has 8 nitrogen and oxygen atoms in total. The standard InChI is InChI=1S/C17H19FN6O2/c1-10-8-23(3)9-14(25-10)16-20-21-17(26-16)15-11(2)24(22-19-15)13-6-4-12(18)5-7-13/h4-7,10,14H,8-9H2,1-3H3/t10-,14-/m1/s1. The Balaban J connectivity index is 1.61. The molecule has 9 heteroatoms. The average Bonchev–Trinajstić information content (AvgIpc) is 3.22. The molecule has 1 saturated heterocycles. The summed E-state index contributed by atoms with van der Waals surface area (Å²) in [5.74, 6) is 0.407. The van der Waals surface area contributed by atoms with E-state index in [0.717, 1.165) is 12.2 Å². The zero-order chi connectivity index (χ0) is 18.3. The van der Waals surface area contributed by atoms with Gasteiger partial charge in [-0.05, 0) is 45.2 Å². The molecule has 0 amide bonds. The fraction of sp³-hybridized carbons (Fsp3) is 0.412. The van der Waals surface area contributed by atoms with Gasteiger partial charge in [0.1, 0.15) is 11.9 Å². The number of benzene rings is 1. The van der Waals surface area contributed by atoms with E-state index in [-0.39, 0.29) is 23.9 Å². The van der Waals surface area contributed by atoms with Crippen LogP contribution in [0.5, 0.6) is 0 Å². The quantitative estimate of drug-likeness (QED) is 0.709. The van der Waals surface area contributed by atoms with Crippen LogP contribution in [0.15, 0.2) is 28.7 Å². The van der Waals surface area contributed by atoms with Gasteiger partial charge in [0.25, 0.3) is 5.89 Å². The molecule has 3 aromatic rings. The number of hydrogen-bond donors (Lipinski definition) is 0. The Labute approximate surface area is 149 Å². The summed E-state index contributed by atoms with van der Waals surface area (Å²) in [6.45, 7) is 5.41. The topological polar surface area (TPSA) is 82.1 Å². The second-order valence-electron chi connectivity index (χ2n) is 6.51. The second kappa shape index (κ2) is 6.58. The van der Waals surface area contributed by atoms with Gasteiger partial charge in [-0.15, -0.1) is 15.3 Å². The van der Waals surface area contributed by atoms with E-state index in [9.17, 15) is 4.39 Å². The molecular formula is C17H19FN6O2. The third-order valence-corrected chi connectivity index (χ3v) is 4.33. The summed E-state index contributed by atoms with van der Waals surface area (Å²) >= 11 is 0. The molecule has 4 rings (SSSR count).